The highest BCUT2D eigenvalue weighted by molar-refractivity contribution is 6.34. The lowest BCUT2D eigenvalue weighted by Gasteiger charge is -2.19. The van der Waals surface area contributed by atoms with Gasteiger partial charge < -0.3 is 5.32 Å². The fourth-order valence-electron chi connectivity index (χ4n) is 2.32. The molecule has 1 unspecified atom stereocenters. The summed E-state index contributed by atoms with van der Waals surface area (Å²) in [5.41, 5.74) is 2.33. The van der Waals surface area contributed by atoms with Crippen LogP contribution in [-0.4, -0.2) is 16.3 Å². The van der Waals surface area contributed by atoms with Gasteiger partial charge in [-0.1, -0.05) is 30.1 Å². The third-order valence-electron chi connectivity index (χ3n) is 3.38. The van der Waals surface area contributed by atoms with E-state index < -0.39 is 0 Å². The van der Waals surface area contributed by atoms with Gasteiger partial charge in [-0.15, -0.1) is 0 Å². The highest BCUT2D eigenvalue weighted by atomic mass is 35.5. The van der Waals surface area contributed by atoms with E-state index in [1.54, 1.807) is 6.07 Å². The van der Waals surface area contributed by atoms with Crippen LogP contribution in [0.15, 0.2) is 30.6 Å². The molecule has 0 bridgehead atoms. The first-order chi connectivity index (χ1) is 10.1. The quantitative estimate of drug-likeness (QED) is 0.812. The summed E-state index contributed by atoms with van der Waals surface area (Å²) in [7, 11) is 0. The van der Waals surface area contributed by atoms with Crippen molar-refractivity contribution in [2.24, 2.45) is 0 Å². The Hall–Kier alpha value is -1.03. The number of rotatable bonds is 7. The van der Waals surface area contributed by atoms with E-state index in [9.17, 15) is 0 Å². The molecule has 3 nitrogen and oxygen atoms in total. The van der Waals surface area contributed by atoms with E-state index in [0.29, 0.717) is 10.0 Å². The molecule has 0 saturated heterocycles. The number of hydrogen-bond donors (Lipinski definition) is 1. The molecular weight excluding hydrogens is 305 g/mol. The Labute approximate surface area is 136 Å². The SMILES string of the molecule is CCCNC(Cc1cnn(CC)c1)c1cc(Cl)cc(Cl)c1. The summed E-state index contributed by atoms with van der Waals surface area (Å²) in [6.07, 6.45) is 5.97. The van der Waals surface area contributed by atoms with Crippen LogP contribution in [0.1, 0.15) is 37.4 Å². The molecule has 1 atom stereocenters. The number of nitrogens with zero attached hydrogens (tertiary/aromatic N) is 2. The van der Waals surface area contributed by atoms with Gasteiger partial charge in [-0.3, -0.25) is 4.68 Å². The predicted molar refractivity (Wildman–Crippen MR) is 89.1 cm³/mol. The van der Waals surface area contributed by atoms with Crippen LogP contribution in [0.4, 0.5) is 0 Å². The van der Waals surface area contributed by atoms with Gasteiger partial charge in [0.25, 0.3) is 0 Å². The first kappa shape index (κ1) is 16.3. The van der Waals surface area contributed by atoms with Crippen molar-refractivity contribution < 1.29 is 0 Å². The molecule has 2 aromatic rings. The normalized spacial score (nSPS) is 12.6. The van der Waals surface area contributed by atoms with Crippen molar-refractivity contribution in [3.05, 3.63) is 51.8 Å². The van der Waals surface area contributed by atoms with Gasteiger partial charge in [-0.25, -0.2) is 0 Å². The first-order valence-electron chi connectivity index (χ1n) is 7.33. The van der Waals surface area contributed by atoms with Crippen molar-refractivity contribution in [1.29, 1.82) is 0 Å². The second-order valence-electron chi connectivity index (χ2n) is 5.12. The summed E-state index contributed by atoms with van der Waals surface area (Å²) in [5.74, 6) is 0. The highest BCUT2D eigenvalue weighted by Gasteiger charge is 2.14. The molecule has 0 radical (unpaired) electrons. The molecule has 0 aliphatic heterocycles. The second kappa shape index (κ2) is 7.83. The van der Waals surface area contributed by atoms with Gasteiger partial charge in [0.05, 0.1) is 6.20 Å². The molecule has 0 spiro atoms. The molecule has 0 saturated carbocycles. The van der Waals surface area contributed by atoms with Crippen LogP contribution in [0.3, 0.4) is 0 Å². The predicted octanol–water partition coefficient (Wildman–Crippen LogP) is 4.49. The minimum absolute atomic E-state index is 0.190. The summed E-state index contributed by atoms with van der Waals surface area (Å²) >= 11 is 12.3. The topological polar surface area (TPSA) is 29.9 Å². The van der Waals surface area contributed by atoms with Gasteiger partial charge in [0.2, 0.25) is 0 Å². The molecule has 0 fully saturated rings. The Kier molecular flexibility index (Phi) is 6.09. The molecule has 1 aromatic carbocycles. The Balaban J connectivity index is 2.20. The lowest BCUT2D eigenvalue weighted by atomic mass is 10.0. The zero-order chi connectivity index (χ0) is 15.2. The number of benzene rings is 1. The first-order valence-corrected chi connectivity index (χ1v) is 8.08. The number of hydrogen-bond acceptors (Lipinski definition) is 2. The molecule has 1 heterocycles. The second-order valence-corrected chi connectivity index (χ2v) is 5.99. The van der Waals surface area contributed by atoms with Gasteiger partial charge >= 0.3 is 0 Å². The van der Waals surface area contributed by atoms with Crippen LogP contribution in [0.5, 0.6) is 0 Å². The van der Waals surface area contributed by atoms with Crippen LogP contribution in [0.25, 0.3) is 0 Å². The summed E-state index contributed by atoms with van der Waals surface area (Å²) in [5, 5.41) is 9.24. The van der Waals surface area contributed by atoms with Gasteiger partial charge in [0, 0.05) is 28.8 Å². The van der Waals surface area contributed by atoms with E-state index in [0.717, 1.165) is 31.5 Å². The van der Waals surface area contributed by atoms with Crippen molar-refractivity contribution in [3.8, 4) is 0 Å². The largest absolute Gasteiger partial charge is 0.310 e. The zero-order valence-corrected chi connectivity index (χ0v) is 14.0. The average Bonchev–Trinajstić information content (AvgIpc) is 2.90. The Bertz CT molecular complexity index is 560. The van der Waals surface area contributed by atoms with Crippen LogP contribution in [0, 0.1) is 0 Å². The number of aryl methyl sites for hydroxylation is 1. The Morgan fingerprint density at radius 1 is 1.19 bits per heavy atom. The van der Waals surface area contributed by atoms with Gasteiger partial charge in [-0.05, 0) is 55.6 Å². The van der Waals surface area contributed by atoms with Crippen LogP contribution in [-0.2, 0) is 13.0 Å². The minimum Gasteiger partial charge on any atom is -0.310 e. The summed E-state index contributed by atoms with van der Waals surface area (Å²) < 4.78 is 1.94. The lowest BCUT2D eigenvalue weighted by Crippen LogP contribution is -2.24. The molecule has 21 heavy (non-hydrogen) atoms. The van der Waals surface area contributed by atoms with Crippen molar-refractivity contribution in [2.75, 3.05) is 6.54 Å². The Morgan fingerprint density at radius 3 is 2.48 bits per heavy atom. The molecule has 1 aromatic heterocycles. The maximum absolute atomic E-state index is 6.13. The molecule has 114 valence electrons. The van der Waals surface area contributed by atoms with E-state index in [1.165, 1.54) is 5.56 Å². The summed E-state index contributed by atoms with van der Waals surface area (Å²) in [4.78, 5) is 0. The monoisotopic (exact) mass is 325 g/mol. The molecular formula is C16H21Cl2N3. The number of aromatic nitrogens is 2. The van der Waals surface area contributed by atoms with E-state index in [4.69, 9.17) is 23.2 Å². The summed E-state index contributed by atoms with van der Waals surface area (Å²) in [6.45, 7) is 6.08. The van der Waals surface area contributed by atoms with Crippen molar-refractivity contribution in [3.63, 3.8) is 0 Å². The highest BCUT2D eigenvalue weighted by Crippen LogP contribution is 2.25. The molecule has 5 heteroatoms. The van der Waals surface area contributed by atoms with Crippen molar-refractivity contribution >= 4 is 23.2 Å². The van der Waals surface area contributed by atoms with E-state index >= 15 is 0 Å². The van der Waals surface area contributed by atoms with E-state index in [2.05, 4.69) is 30.5 Å². The molecule has 0 aliphatic rings. The third kappa shape index (κ3) is 4.73. The minimum atomic E-state index is 0.190. The molecule has 2 rings (SSSR count). The summed E-state index contributed by atoms with van der Waals surface area (Å²) in [6, 6.07) is 5.91. The zero-order valence-electron chi connectivity index (χ0n) is 12.4. The smallest absolute Gasteiger partial charge is 0.0522 e. The standard InChI is InChI=1S/C16H21Cl2N3/c1-3-5-19-16(6-12-10-20-21(4-2)11-12)13-7-14(17)9-15(18)8-13/h7-11,16,19H,3-6H2,1-2H3. The number of halogens is 2. The maximum Gasteiger partial charge on any atom is 0.0522 e. The molecule has 1 N–H and O–H groups in total. The molecule has 0 amide bonds. The molecule has 0 aliphatic carbocycles. The van der Waals surface area contributed by atoms with Crippen LogP contribution in [0.2, 0.25) is 10.0 Å². The number of nitrogens with one attached hydrogen (secondary N) is 1. The fraction of sp³-hybridized carbons (Fsp3) is 0.438. The lowest BCUT2D eigenvalue weighted by molar-refractivity contribution is 0.529. The van der Waals surface area contributed by atoms with Crippen molar-refractivity contribution in [2.45, 2.75) is 39.3 Å². The van der Waals surface area contributed by atoms with Gasteiger partial charge in [0.15, 0.2) is 0 Å². The Morgan fingerprint density at radius 2 is 1.90 bits per heavy atom. The average molecular weight is 326 g/mol. The van der Waals surface area contributed by atoms with Gasteiger partial charge in [-0.2, -0.15) is 5.10 Å². The third-order valence-corrected chi connectivity index (χ3v) is 3.81. The van der Waals surface area contributed by atoms with E-state index in [1.807, 2.05) is 23.0 Å². The van der Waals surface area contributed by atoms with Crippen LogP contribution >= 0.6 is 23.2 Å². The van der Waals surface area contributed by atoms with Gasteiger partial charge in [0.1, 0.15) is 0 Å². The van der Waals surface area contributed by atoms with E-state index in [-0.39, 0.29) is 6.04 Å². The maximum atomic E-state index is 6.13. The fourth-order valence-corrected chi connectivity index (χ4v) is 2.87. The van der Waals surface area contributed by atoms with Crippen molar-refractivity contribution in [1.82, 2.24) is 15.1 Å². The van der Waals surface area contributed by atoms with Crippen LogP contribution < -0.4 is 5.32 Å².